The van der Waals surface area contributed by atoms with Crippen molar-refractivity contribution in [3.8, 4) is 11.5 Å². The number of carbonyl (C=O) groups excluding carboxylic acids is 2. The van der Waals surface area contributed by atoms with E-state index in [0.29, 0.717) is 27.6 Å². The van der Waals surface area contributed by atoms with Crippen LogP contribution in [0, 0.1) is 6.92 Å². The van der Waals surface area contributed by atoms with E-state index in [0.717, 1.165) is 10.0 Å². The van der Waals surface area contributed by atoms with Crippen LogP contribution in [0.1, 0.15) is 27.7 Å². The van der Waals surface area contributed by atoms with Gasteiger partial charge in [0.25, 0.3) is 11.8 Å². The highest BCUT2D eigenvalue weighted by Crippen LogP contribution is 2.34. The number of hydrazine groups is 1. The summed E-state index contributed by atoms with van der Waals surface area (Å²) in [6.07, 6.45) is -0.682. The molecule has 0 saturated heterocycles. The van der Waals surface area contributed by atoms with Gasteiger partial charge in [0.15, 0.2) is 6.61 Å². The van der Waals surface area contributed by atoms with E-state index in [4.69, 9.17) is 16.3 Å². The molecule has 0 saturated carbocycles. The average molecular weight is 517 g/mol. The topological polar surface area (TPSA) is 90.9 Å². The summed E-state index contributed by atoms with van der Waals surface area (Å²) in [6, 6.07) is 16.8. The number of nitrogens with one attached hydrogen (secondary N) is 2. The summed E-state index contributed by atoms with van der Waals surface area (Å²) in [4.78, 5) is 26.0. The lowest BCUT2D eigenvalue weighted by Crippen LogP contribution is -2.53. The standard InChI is InChI=1S/C23H19BrClN3O4/c1-13-10-16(25)5-9-20(13)32-12-21(30)27-28-22(14-2-6-17(29)7-3-14)26-19-8-4-15(24)11-18(19)23(28)31/h2-11,22,26,29H,12H2,1H3,(H,27,30). The second-order valence-corrected chi connectivity index (χ2v) is 8.59. The predicted molar refractivity (Wildman–Crippen MR) is 125 cm³/mol. The minimum absolute atomic E-state index is 0.0996. The van der Waals surface area contributed by atoms with Crippen LogP contribution in [-0.2, 0) is 4.79 Å². The van der Waals surface area contributed by atoms with Crippen LogP contribution in [0.4, 0.5) is 5.69 Å². The molecule has 1 unspecified atom stereocenters. The van der Waals surface area contributed by atoms with Gasteiger partial charge in [-0.15, -0.1) is 0 Å². The van der Waals surface area contributed by atoms with E-state index in [2.05, 4.69) is 26.7 Å². The number of amides is 2. The number of benzene rings is 3. The van der Waals surface area contributed by atoms with Gasteiger partial charge in [-0.2, -0.15) is 0 Å². The molecule has 1 heterocycles. The van der Waals surface area contributed by atoms with Crippen molar-refractivity contribution in [2.24, 2.45) is 0 Å². The molecule has 0 aliphatic carbocycles. The summed E-state index contributed by atoms with van der Waals surface area (Å²) >= 11 is 9.33. The van der Waals surface area contributed by atoms with Crippen molar-refractivity contribution < 1.29 is 19.4 Å². The summed E-state index contributed by atoms with van der Waals surface area (Å²) in [5.74, 6) is -0.259. The second kappa shape index (κ2) is 9.10. The van der Waals surface area contributed by atoms with Gasteiger partial charge in [0.2, 0.25) is 0 Å². The number of anilines is 1. The summed E-state index contributed by atoms with van der Waals surface area (Å²) in [5, 5.41) is 14.7. The second-order valence-electron chi connectivity index (χ2n) is 7.24. The number of hydrogen-bond donors (Lipinski definition) is 3. The lowest BCUT2D eigenvalue weighted by molar-refractivity contribution is -0.127. The third-order valence-corrected chi connectivity index (χ3v) is 5.66. The Labute approximate surface area is 198 Å². The van der Waals surface area contributed by atoms with Crippen LogP contribution in [-0.4, -0.2) is 28.5 Å². The highest BCUT2D eigenvalue weighted by atomic mass is 79.9. The van der Waals surface area contributed by atoms with Gasteiger partial charge in [-0.3, -0.25) is 15.0 Å². The molecule has 0 aromatic heterocycles. The molecule has 7 nitrogen and oxygen atoms in total. The highest BCUT2D eigenvalue weighted by molar-refractivity contribution is 9.10. The summed E-state index contributed by atoms with van der Waals surface area (Å²) in [6.45, 7) is 1.53. The number of fused-ring (bicyclic) bond motifs is 1. The Hall–Kier alpha value is -3.23. The minimum Gasteiger partial charge on any atom is -0.508 e. The first-order valence-electron chi connectivity index (χ1n) is 9.69. The SMILES string of the molecule is Cc1cc(Cl)ccc1OCC(=O)NN1C(=O)c2cc(Br)ccc2NC1c1ccc(O)cc1. The minimum atomic E-state index is -0.682. The van der Waals surface area contributed by atoms with E-state index in [1.807, 2.05) is 13.0 Å². The van der Waals surface area contributed by atoms with Crippen molar-refractivity contribution in [1.82, 2.24) is 10.4 Å². The molecular weight excluding hydrogens is 498 g/mol. The van der Waals surface area contributed by atoms with Crippen LogP contribution in [0.2, 0.25) is 5.02 Å². The van der Waals surface area contributed by atoms with Crippen molar-refractivity contribution in [2.45, 2.75) is 13.1 Å². The van der Waals surface area contributed by atoms with E-state index < -0.39 is 12.1 Å². The summed E-state index contributed by atoms with van der Waals surface area (Å²) in [7, 11) is 0. The molecule has 0 bridgehead atoms. The number of aryl methyl sites for hydroxylation is 1. The number of nitrogens with zero attached hydrogens (tertiary/aromatic N) is 1. The molecule has 0 radical (unpaired) electrons. The predicted octanol–water partition coefficient (Wildman–Crippen LogP) is 4.79. The molecule has 3 aromatic carbocycles. The van der Waals surface area contributed by atoms with Gasteiger partial charge in [0.1, 0.15) is 17.7 Å². The number of phenolic OH excluding ortho intramolecular Hbond substituents is 1. The van der Waals surface area contributed by atoms with E-state index in [9.17, 15) is 14.7 Å². The fourth-order valence-electron chi connectivity index (χ4n) is 3.37. The monoisotopic (exact) mass is 515 g/mol. The number of halogens is 2. The molecule has 164 valence electrons. The maximum Gasteiger partial charge on any atom is 0.276 e. The normalized spacial score (nSPS) is 15.0. The zero-order chi connectivity index (χ0) is 22.8. The summed E-state index contributed by atoms with van der Waals surface area (Å²) in [5.41, 5.74) is 5.16. The molecule has 1 aliphatic heterocycles. The maximum atomic E-state index is 13.3. The van der Waals surface area contributed by atoms with Crippen LogP contribution >= 0.6 is 27.5 Å². The first-order valence-corrected chi connectivity index (χ1v) is 10.9. The fourth-order valence-corrected chi connectivity index (χ4v) is 3.95. The highest BCUT2D eigenvalue weighted by Gasteiger charge is 2.34. The Morgan fingerprint density at radius 1 is 1.19 bits per heavy atom. The van der Waals surface area contributed by atoms with Gasteiger partial charge < -0.3 is 15.2 Å². The lowest BCUT2D eigenvalue weighted by Gasteiger charge is -2.37. The van der Waals surface area contributed by atoms with Crippen molar-refractivity contribution in [3.05, 3.63) is 86.8 Å². The summed E-state index contributed by atoms with van der Waals surface area (Å²) < 4.78 is 6.34. The molecule has 32 heavy (non-hydrogen) atoms. The van der Waals surface area contributed by atoms with Crippen molar-refractivity contribution in [1.29, 1.82) is 0 Å². The number of ether oxygens (including phenoxy) is 1. The zero-order valence-electron chi connectivity index (χ0n) is 16.9. The zero-order valence-corrected chi connectivity index (χ0v) is 19.3. The lowest BCUT2D eigenvalue weighted by atomic mass is 10.0. The van der Waals surface area contributed by atoms with E-state index in [1.165, 1.54) is 17.1 Å². The van der Waals surface area contributed by atoms with Crippen LogP contribution in [0.5, 0.6) is 11.5 Å². The van der Waals surface area contributed by atoms with Crippen LogP contribution in [0.15, 0.2) is 65.1 Å². The molecule has 9 heteroatoms. The van der Waals surface area contributed by atoms with Gasteiger partial charge in [0.05, 0.1) is 5.56 Å². The van der Waals surface area contributed by atoms with E-state index in [1.54, 1.807) is 42.5 Å². The third-order valence-electron chi connectivity index (χ3n) is 4.93. The molecule has 0 spiro atoms. The number of carbonyl (C=O) groups is 2. The van der Waals surface area contributed by atoms with Crippen LogP contribution < -0.4 is 15.5 Å². The number of phenols is 1. The third kappa shape index (κ3) is 4.66. The molecule has 4 rings (SSSR count). The molecule has 2 amide bonds. The quantitative estimate of drug-likeness (QED) is 0.453. The Morgan fingerprint density at radius 3 is 2.66 bits per heavy atom. The van der Waals surface area contributed by atoms with Gasteiger partial charge in [-0.25, -0.2) is 5.01 Å². The van der Waals surface area contributed by atoms with Gasteiger partial charge in [-0.05, 0) is 66.6 Å². The molecule has 1 aliphatic rings. The first-order chi connectivity index (χ1) is 15.3. The Balaban J connectivity index is 1.57. The van der Waals surface area contributed by atoms with Gasteiger partial charge in [0, 0.05) is 15.2 Å². The average Bonchev–Trinajstić information content (AvgIpc) is 2.76. The van der Waals surface area contributed by atoms with Gasteiger partial charge in [-0.1, -0.05) is 39.7 Å². The molecular formula is C23H19BrClN3O4. The number of aromatic hydroxyl groups is 1. The number of hydrogen-bond acceptors (Lipinski definition) is 5. The molecule has 0 fully saturated rings. The molecule has 1 atom stereocenters. The van der Waals surface area contributed by atoms with Crippen LogP contribution in [0.3, 0.4) is 0 Å². The van der Waals surface area contributed by atoms with Crippen molar-refractivity contribution in [3.63, 3.8) is 0 Å². The Bertz CT molecular complexity index is 1190. The Kier molecular flexibility index (Phi) is 6.25. The smallest absolute Gasteiger partial charge is 0.276 e. The van der Waals surface area contributed by atoms with E-state index >= 15 is 0 Å². The molecule has 3 aromatic rings. The van der Waals surface area contributed by atoms with E-state index in [-0.39, 0.29) is 18.3 Å². The number of rotatable bonds is 5. The van der Waals surface area contributed by atoms with Crippen molar-refractivity contribution >= 4 is 45.0 Å². The van der Waals surface area contributed by atoms with Crippen LogP contribution in [0.25, 0.3) is 0 Å². The Morgan fingerprint density at radius 2 is 1.94 bits per heavy atom. The molecule has 3 N–H and O–H groups in total. The largest absolute Gasteiger partial charge is 0.508 e. The van der Waals surface area contributed by atoms with Gasteiger partial charge >= 0.3 is 0 Å². The fraction of sp³-hybridized carbons (Fsp3) is 0.130. The van der Waals surface area contributed by atoms with Crippen molar-refractivity contribution in [2.75, 3.05) is 11.9 Å². The first kappa shape index (κ1) is 22.0. The maximum absolute atomic E-state index is 13.3.